The second-order valence-electron chi connectivity index (χ2n) is 5.10. The molecule has 0 spiro atoms. The van der Waals surface area contributed by atoms with Crippen molar-refractivity contribution in [3.05, 3.63) is 35.0 Å². The number of urea groups is 1. The van der Waals surface area contributed by atoms with Gasteiger partial charge in [0.05, 0.1) is 38.6 Å². The Labute approximate surface area is 150 Å². The molecule has 0 saturated carbocycles. The number of amides is 2. The Balaban J connectivity index is 2.19. The summed E-state index contributed by atoms with van der Waals surface area (Å²) in [4.78, 5) is 35.9. The van der Waals surface area contributed by atoms with Crippen molar-refractivity contribution in [2.45, 2.75) is 6.92 Å². The monoisotopic (exact) mass is 364 g/mol. The van der Waals surface area contributed by atoms with Crippen molar-refractivity contribution in [2.75, 3.05) is 34.0 Å². The molecule has 1 aromatic rings. The van der Waals surface area contributed by atoms with Crippen LogP contribution in [0.1, 0.15) is 17.3 Å². The van der Waals surface area contributed by atoms with E-state index in [0.717, 1.165) is 0 Å². The standard InChI is InChI=1S/C17H20N2O7/c1-4-25-16(21)11-8-18-17(22)19-12(11)9-26-15(20)10-6-5-7-13(23-2)14(10)24-3/h5-7H,4,8-9H2,1-3H3,(H2,18,19,22). The van der Waals surface area contributed by atoms with Crippen LogP contribution in [-0.2, 0) is 14.3 Å². The van der Waals surface area contributed by atoms with Crippen LogP contribution >= 0.6 is 0 Å². The normalized spacial score (nSPS) is 13.4. The zero-order valence-electron chi connectivity index (χ0n) is 14.7. The summed E-state index contributed by atoms with van der Waals surface area (Å²) in [6.07, 6.45) is 0. The van der Waals surface area contributed by atoms with E-state index in [0.29, 0.717) is 5.75 Å². The maximum Gasteiger partial charge on any atom is 0.342 e. The average molecular weight is 364 g/mol. The number of para-hydroxylation sites is 1. The van der Waals surface area contributed by atoms with Gasteiger partial charge in [0.15, 0.2) is 11.5 Å². The van der Waals surface area contributed by atoms with Gasteiger partial charge in [0.1, 0.15) is 12.2 Å². The first-order valence-electron chi connectivity index (χ1n) is 7.83. The predicted octanol–water partition coefficient (Wildman–Crippen LogP) is 0.991. The molecule has 0 radical (unpaired) electrons. The number of hydrogen-bond acceptors (Lipinski definition) is 7. The van der Waals surface area contributed by atoms with E-state index in [-0.39, 0.29) is 42.3 Å². The molecule has 2 amide bonds. The number of carbonyl (C=O) groups excluding carboxylic acids is 3. The van der Waals surface area contributed by atoms with E-state index in [1.54, 1.807) is 19.1 Å². The summed E-state index contributed by atoms with van der Waals surface area (Å²) in [5.41, 5.74) is 0.518. The first-order valence-corrected chi connectivity index (χ1v) is 7.83. The van der Waals surface area contributed by atoms with Gasteiger partial charge in [-0.25, -0.2) is 14.4 Å². The maximum atomic E-state index is 12.4. The Kier molecular flexibility index (Phi) is 6.42. The molecular weight excluding hydrogens is 344 g/mol. The van der Waals surface area contributed by atoms with Crippen molar-refractivity contribution in [2.24, 2.45) is 0 Å². The summed E-state index contributed by atoms with van der Waals surface area (Å²) in [6.45, 7) is 1.53. The Bertz CT molecular complexity index is 743. The van der Waals surface area contributed by atoms with E-state index in [1.165, 1.54) is 20.3 Å². The summed E-state index contributed by atoms with van der Waals surface area (Å²) in [5.74, 6) is -0.674. The van der Waals surface area contributed by atoms with Gasteiger partial charge in [-0.15, -0.1) is 0 Å². The Morgan fingerprint density at radius 1 is 1.12 bits per heavy atom. The van der Waals surface area contributed by atoms with E-state index >= 15 is 0 Å². The second kappa shape index (κ2) is 8.75. The van der Waals surface area contributed by atoms with E-state index in [1.807, 2.05) is 0 Å². The number of hydrogen-bond donors (Lipinski definition) is 2. The Morgan fingerprint density at radius 2 is 1.88 bits per heavy atom. The molecule has 9 heteroatoms. The summed E-state index contributed by atoms with van der Waals surface area (Å²) in [5, 5.41) is 4.93. The van der Waals surface area contributed by atoms with Gasteiger partial charge in [0, 0.05) is 0 Å². The largest absolute Gasteiger partial charge is 0.493 e. The molecule has 0 aromatic heterocycles. The first-order chi connectivity index (χ1) is 12.5. The number of esters is 2. The molecule has 1 aliphatic rings. The van der Waals surface area contributed by atoms with E-state index in [9.17, 15) is 14.4 Å². The summed E-state index contributed by atoms with van der Waals surface area (Å²) in [7, 11) is 2.86. The fraction of sp³-hybridized carbons (Fsp3) is 0.353. The van der Waals surface area contributed by atoms with Crippen LogP contribution in [0.25, 0.3) is 0 Å². The van der Waals surface area contributed by atoms with Gasteiger partial charge in [0.25, 0.3) is 0 Å². The van der Waals surface area contributed by atoms with Gasteiger partial charge < -0.3 is 29.6 Å². The molecule has 0 bridgehead atoms. The number of methoxy groups -OCH3 is 2. The molecule has 0 aliphatic carbocycles. The van der Waals surface area contributed by atoms with Crippen LogP contribution in [0.5, 0.6) is 11.5 Å². The van der Waals surface area contributed by atoms with Crippen molar-refractivity contribution < 1.29 is 33.3 Å². The molecule has 1 aliphatic heterocycles. The quantitative estimate of drug-likeness (QED) is 0.694. The molecule has 0 saturated heterocycles. The lowest BCUT2D eigenvalue weighted by Crippen LogP contribution is -2.45. The van der Waals surface area contributed by atoms with Gasteiger partial charge in [-0.1, -0.05) is 6.07 Å². The molecule has 26 heavy (non-hydrogen) atoms. The van der Waals surface area contributed by atoms with Crippen molar-refractivity contribution in [1.82, 2.24) is 10.6 Å². The fourth-order valence-corrected chi connectivity index (χ4v) is 2.33. The van der Waals surface area contributed by atoms with Crippen molar-refractivity contribution in [3.8, 4) is 11.5 Å². The SMILES string of the molecule is CCOC(=O)C1=C(COC(=O)c2cccc(OC)c2OC)NC(=O)NC1. The van der Waals surface area contributed by atoms with Crippen molar-refractivity contribution in [3.63, 3.8) is 0 Å². The maximum absolute atomic E-state index is 12.4. The number of nitrogens with one attached hydrogen (secondary N) is 2. The molecule has 140 valence electrons. The van der Waals surface area contributed by atoms with E-state index < -0.39 is 18.0 Å². The van der Waals surface area contributed by atoms with Crippen LogP contribution < -0.4 is 20.1 Å². The smallest absolute Gasteiger partial charge is 0.342 e. The third-order valence-electron chi connectivity index (χ3n) is 3.55. The lowest BCUT2D eigenvalue weighted by molar-refractivity contribution is -0.138. The Hall–Kier alpha value is -3.23. The number of rotatable bonds is 7. The van der Waals surface area contributed by atoms with Crippen LogP contribution in [0.4, 0.5) is 4.79 Å². The third-order valence-corrected chi connectivity index (χ3v) is 3.55. The molecule has 2 rings (SSSR count). The highest BCUT2D eigenvalue weighted by atomic mass is 16.5. The molecular formula is C17H20N2O7. The topological polar surface area (TPSA) is 112 Å². The summed E-state index contributed by atoms with van der Waals surface area (Å²) in [6, 6.07) is 4.28. The Morgan fingerprint density at radius 3 is 2.54 bits per heavy atom. The van der Waals surface area contributed by atoms with Crippen LogP contribution in [-0.4, -0.2) is 51.9 Å². The van der Waals surface area contributed by atoms with Gasteiger partial charge in [-0.2, -0.15) is 0 Å². The van der Waals surface area contributed by atoms with E-state index in [4.69, 9.17) is 18.9 Å². The van der Waals surface area contributed by atoms with Crippen LogP contribution in [0.15, 0.2) is 29.5 Å². The molecule has 1 aromatic carbocycles. The molecule has 1 heterocycles. The van der Waals surface area contributed by atoms with Gasteiger partial charge in [0.2, 0.25) is 0 Å². The number of ether oxygens (including phenoxy) is 4. The molecule has 2 N–H and O–H groups in total. The van der Waals surface area contributed by atoms with Gasteiger partial charge >= 0.3 is 18.0 Å². The van der Waals surface area contributed by atoms with Crippen LogP contribution in [0.2, 0.25) is 0 Å². The molecule has 0 atom stereocenters. The van der Waals surface area contributed by atoms with Gasteiger partial charge in [-0.3, -0.25) is 0 Å². The lowest BCUT2D eigenvalue weighted by Gasteiger charge is -2.21. The summed E-state index contributed by atoms with van der Waals surface area (Å²) >= 11 is 0. The molecule has 0 fully saturated rings. The van der Waals surface area contributed by atoms with Crippen LogP contribution in [0.3, 0.4) is 0 Å². The van der Waals surface area contributed by atoms with Gasteiger partial charge in [-0.05, 0) is 19.1 Å². The van der Waals surface area contributed by atoms with Crippen LogP contribution in [0, 0.1) is 0 Å². The number of carbonyl (C=O) groups is 3. The first kappa shape index (κ1) is 19.1. The second-order valence-corrected chi connectivity index (χ2v) is 5.10. The highest BCUT2D eigenvalue weighted by molar-refractivity contribution is 5.95. The van der Waals surface area contributed by atoms with E-state index in [2.05, 4.69) is 10.6 Å². The minimum atomic E-state index is -0.691. The average Bonchev–Trinajstić information content (AvgIpc) is 2.65. The fourth-order valence-electron chi connectivity index (χ4n) is 2.33. The molecule has 9 nitrogen and oxygen atoms in total. The summed E-state index contributed by atoms with van der Waals surface area (Å²) < 4.78 is 20.5. The number of benzene rings is 1. The third kappa shape index (κ3) is 4.24. The minimum absolute atomic E-state index is 0.0139. The predicted molar refractivity (Wildman–Crippen MR) is 90.0 cm³/mol. The minimum Gasteiger partial charge on any atom is -0.493 e. The lowest BCUT2D eigenvalue weighted by atomic mass is 10.1. The zero-order chi connectivity index (χ0) is 19.1. The van der Waals surface area contributed by atoms with Crippen molar-refractivity contribution in [1.29, 1.82) is 0 Å². The van der Waals surface area contributed by atoms with Crippen molar-refractivity contribution >= 4 is 18.0 Å². The highest BCUT2D eigenvalue weighted by Crippen LogP contribution is 2.31. The zero-order valence-corrected chi connectivity index (χ0v) is 14.7. The molecule has 0 unspecified atom stereocenters. The highest BCUT2D eigenvalue weighted by Gasteiger charge is 2.25.